The Balaban J connectivity index is 2.31. The van der Waals surface area contributed by atoms with E-state index in [4.69, 9.17) is 10.8 Å². The summed E-state index contributed by atoms with van der Waals surface area (Å²) in [6.45, 7) is -0.125. The van der Waals surface area contributed by atoms with E-state index >= 15 is 0 Å². The van der Waals surface area contributed by atoms with Crippen molar-refractivity contribution in [3.8, 4) is 0 Å². The van der Waals surface area contributed by atoms with E-state index in [1.807, 2.05) is 30.3 Å². The van der Waals surface area contributed by atoms with E-state index in [0.717, 1.165) is 5.56 Å². The second-order valence-corrected chi connectivity index (χ2v) is 6.10. The van der Waals surface area contributed by atoms with Crippen LogP contribution >= 0.6 is 0 Å². The van der Waals surface area contributed by atoms with Gasteiger partial charge in [-0.2, -0.15) is 9.40 Å². The van der Waals surface area contributed by atoms with Crippen LogP contribution in [0.25, 0.3) is 0 Å². The van der Waals surface area contributed by atoms with Gasteiger partial charge in [0.15, 0.2) is 0 Å². The van der Waals surface area contributed by atoms with Crippen molar-refractivity contribution in [3.05, 3.63) is 42.1 Å². The highest BCUT2D eigenvalue weighted by Crippen LogP contribution is 2.21. The molecule has 0 bridgehead atoms. The van der Waals surface area contributed by atoms with Gasteiger partial charge in [-0.05, 0) is 5.56 Å². The predicted molar refractivity (Wildman–Crippen MR) is 74.1 cm³/mol. The lowest BCUT2D eigenvalue weighted by atomic mass is 10.2. The zero-order valence-electron chi connectivity index (χ0n) is 10.7. The van der Waals surface area contributed by atoms with Crippen LogP contribution in [0.5, 0.6) is 0 Å². The first-order chi connectivity index (χ1) is 9.55. The fourth-order valence-corrected chi connectivity index (χ4v) is 3.24. The van der Waals surface area contributed by atoms with E-state index in [1.165, 1.54) is 10.5 Å². The molecule has 0 unspecified atom stereocenters. The number of aromatic amines is 1. The maximum Gasteiger partial charge on any atom is 0.248 e. The molecule has 20 heavy (non-hydrogen) atoms. The quantitative estimate of drug-likeness (QED) is 0.703. The van der Waals surface area contributed by atoms with E-state index in [1.54, 1.807) is 0 Å². The van der Waals surface area contributed by atoms with Gasteiger partial charge in [-0.25, -0.2) is 8.42 Å². The first kappa shape index (κ1) is 14.5. The van der Waals surface area contributed by atoms with Gasteiger partial charge in [0.2, 0.25) is 10.0 Å². The molecule has 0 amide bonds. The van der Waals surface area contributed by atoms with Crippen LogP contribution in [0.2, 0.25) is 0 Å². The Kier molecular flexibility index (Phi) is 4.38. The zero-order valence-corrected chi connectivity index (χ0v) is 11.5. The van der Waals surface area contributed by atoms with Crippen molar-refractivity contribution in [1.82, 2.24) is 14.5 Å². The Morgan fingerprint density at radius 2 is 2.00 bits per heavy atom. The van der Waals surface area contributed by atoms with Gasteiger partial charge in [0.05, 0.1) is 12.8 Å². The van der Waals surface area contributed by atoms with Crippen LogP contribution < -0.4 is 5.73 Å². The van der Waals surface area contributed by atoms with Crippen molar-refractivity contribution in [1.29, 1.82) is 0 Å². The first-order valence-electron chi connectivity index (χ1n) is 5.99. The highest BCUT2D eigenvalue weighted by molar-refractivity contribution is 7.89. The molecule has 0 spiro atoms. The van der Waals surface area contributed by atoms with Gasteiger partial charge in [-0.15, -0.1) is 0 Å². The molecule has 1 aromatic heterocycles. The lowest BCUT2D eigenvalue weighted by molar-refractivity contribution is 0.251. The topological polar surface area (TPSA) is 112 Å². The Bertz CT molecular complexity index is 654. The average molecular weight is 296 g/mol. The Morgan fingerprint density at radius 1 is 1.30 bits per heavy atom. The Hall–Kier alpha value is -1.90. The minimum absolute atomic E-state index is 0.0121. The molecule has 1 aromatic carbocycles. The van der Waals surface area contributed by atoms with Crippen molar-refractivity contribution in [2.45, 2.75) is 11.4 Å². The number of nitrogens with zero attached hydrogens (tertiary/aromatic N) is 2. The van der Waals surface area contributed by atoms with Crippen LogP contribution in [0.4, 0.5) is 5.82 Å². The molecule has 0 aliphatic carbocycles. The zero-order chi connectivity index (χ0) is 14.6. The Morgan fingerprint density at radius 3 is 2.55 bits per heavy atom. The van der Waals surface area contributed by atoms with Gasteiger partial charge in [0.25, 0.3) is 0 Å². The predicted octanol–water partition coefficient (Wildman–Crippen LogP) is 0.175. The third kappa shape index (κ3) is 2.98. The number of anilines is 1. The summed E-state index contributed by atoms with van der Waals surface area (Å²) in [5.74, 6) is -0.0130. The number of aliphatic hydroxyl groups is 1. The van der Waals surface area contributed by atoms with Gasteiger partial charge >= 0.3 is 0 Å². The van der Waals surface area contributed by atoms with E-state index in [0.29, 0.717) is 0 Å². The molecule has 0 radical (unpaired) electrons. The monoisotopic (exact) mass is 296 g/mol. The fourth-order valence-electron chi connectivity index (χ4n) is 1.81. The summed E-state index contributed by atoms with van der Waals surface area (Å²) in [6.07, 6.45) is 1.17. The number of sulfonamides is 1. The molecule has 108 valence electrons. The molecule has 0 aliphatic heterocycles. The second kappa shape index (κ2) is 6.04. The number of benzene rings is 1. The summed E-state index contributed by atoms with van der Waals surface area (Å²) in [5.41, 5.74) is 6.39. The molecule has 0 saturated heterocycles. The lowest BCUT2D eigenvalue weighted by Crippen LogP contribution is -2.33. The summed E-state index contributed by atoms with van der Waals surface area (Å²) in [5, 5.41) is 15.1. The van der Waals surface area contributed by atoms with Gasteiger partial charge in [-0.1, -0.05) is 30.3 Å². The van der Waals surface area contributed by atoms with Crippen LogP contribution in [0.15, 0.2) is 41.4 Å². The van der Waals surface area contributed by atoms with Crippen LogP contribution in [0, 0.1) is 0 Å². The van der Waals surface area contributed by atoms with Crippen molar-refractivity contribution in [2.24, 2.45) is 0 Å². The number of H-pyrrole nitrogens is 1. The number of nitrogens with one attached hydrogen (secondary N) is 1. The van der Waals surface area contributed by atoms with Crippen molar-refractivity contribution in [3.63, 3.8) is 0 Å². The molecule has 7 nitrogen and oxygen atoms in total. The third-order valence-electron chi connectivity index (χ3n) is 2.80. The molecule has 2 rings (SSSR count). The highest BCUT2D eigenvalue weighted by atomic mass is 32.2. The normalized spacial score (nSPS) is 11.9. The van der Waals surface area contributed by atoms with Crippen molar-refractivity contribution in [2.75, 3.05) is 18.9 Å². The van der Waals surface area contributed by atoms with E-state index in [9.17, 15) is 8.42 Å². The summed E-state index contributed by atoms with van der Waals surface area (Å²) in [7, 11) is -3.79. The number of rotatable bonds is 6. The second-order valence-electron chi connectivity index (χ2n) is 4.20. The van der Waals surface area contributed by atoms with E-state index < -0.39 is 10.0 Å². The molecular weight excluding hydrogens is 280 g/mol. The summed E-state index contributed by atoms with van der Waals surface area (Å²) < 4.78 is 26.1. The number of nitrogens with two attached hydrogens (primary N) is 1. The van der Waals surface area contributed by atoms with Crippen LogP contribution in [-0.4, -0.2) is 41.2 Å². The van der Waals surface area contributed by atoms with Gasteiger partial charge < -0.3 is 10.8 Å². The molecule has 0 aliphatic rings. The Labute approximate surface area is 117 Å². The van der Waals surface area contributed by atoms with Crippen LogP contribution in [0.3, 0.4) is 0 Å². The molecule has 8 heteroatoms. The maximum atomic E-state index is 12.5. The molecule has 0 atom stereocenters. The fraction of sp³-hybridized carbons (Fsp3) is 0.250. The highest BCUT2D eigenvalue weighted by Gasteiger charge is 2.27. The van der Waals surface area contributed by atoms with Crippen molar-refractivity contribution < 1.29 is 13.5 Å². The number of hydrogen-bond acceptors (Lipinski definition) is 5. The minimum Gasteiger partial charge on any atom is -0.395 e. The molecule has 2 aromatic rings. The number of aromatic nitrogens is 2. The first-order valence-corrected chi connectivity index (χ1v) is 7.43. The maximum absolute atomic E-state index is 12.5. The number of aliphatic hydroxyl groups excluding tert-OH is 1. The molecular formula is C12H16N4O3S. The summed E-state index contributed by atoms with van der Waals surface area (Å²) in [4.78, 5) is -0.0816. The van der Waals surface area contributed by atoms with E-state index in [2.05, 4.69) is 10.2 Å². The summed E-state index contributed by atoms with van der Waals surface area (Å²) >= 11 is 0. The minimum atomic E-state index is -3.79. The smallest absolute Gasteiger partial charge is 0.248 e. The van der Waals surface area contributed by atoms with Crippen LogP contribution in [0.1, 0.15) is 5.56 Å². The largest absolute Gasteiger partial charge is 0.395 e. The standard InChI is InChI=1S/C12H16N4O3S/c13-12-11(8-14-15-12)20(18,19)16(6-7-17)9-10-4-2-1-3-5-10/h1-5,8,17H,6-7,9H2,(H3,13,14,15). The SMILES string of the molecule is Nc1[nH]ncc1S(=O)(=O)N(CCO)Cc1ccccc1. The molecule has 0 saturated carbocycles. The van der Waals surface area contributed by atoms with Crippen molar-refractivity contribution >= 4 is 15.8 Å². The number of hydrogen-bond donors (Lipinski definition) is 3. The molecule has 4 N–H and O–H groups in total. The average Bonchev–Trinajstić information content (AvgIpc) is 2.86. The molecule has 0 fully saturated rings. The molecule has 1 heterocycles. The van der Waals surface area contributed by atoms with Gasteiger partial charge in [0, 0.05) is 13.1 Å². The lowest BCUT2D eigenvalue weighted by Gasteiger charge is -2.20. The number of nitrogen functional groups attached to an aromatic ring is 1. The van der Waals surface area contributed by atoms with E-state index in [-0.39, 0.29) is 30.4 Å². The van der Waals surface area contributed by atoms with Crippen LogP contribution in [-0.2, 0) is 16.6 Å². The third-order valence-corrected chi connectivity index (χ3v) is 4.67. The van der Waals surface area contributed by atoms with Gasteiger partial charge in [-0.3, -0.25) is 5.10 Å². The van der Waals surface area contributed by atoms with Gasteiger partial charge in [0.1, 0.15) is 10.7 Å². The summed E-state index contributed by atoms with van der Waals surface area (Å²) in [6, 6.07) is 9.14.